The van der Waals surface area contributed by atoms with Crippen LogP contribution in [0.25, 0.3) is 0 Å². The number of rotatable bonds is 9. The Balaban J connectivity index is 3.31. The van der Waals surface area contributed by atoms with Gasteiger partial charge in [0.2, 0.25) is 0 Å². The lowest BCUT2D eigenvalue weighted by atomic mass is 10.1. The fourth-order valence-electron chi connectivity index (χ4n) is 0.964. The summed E-state index contributed by atoms with van der Waals surface area (Å²) in [5.74, 6) is -0.320. The first-order valence-corrected chi connectivity index (χ1v) is 5.51. The maximum Gasteiger partial charge on any atom is 0.332 e. The van der Waals surface area contributed by atoms with Crippen LogP contribution in [-0.2, 0) is 19.0 Å². The van der Waals surface area contributed by atoms with E-state index in [0.29, 0.717) is 19.8 Å². The lowest BCUT2D eigenvalue weighted by Crippen LogP contribution is -2.38. The Hall–Kier alpha value is -0.650. The molecule has 1 N–H and O–H groups in total. The van der Waals surface area contributed by atoms with Crippen LogP contribution in [0.4, 0.5) is 0 Å². The van der Waals surface area contributed by atoms with Crippen molar-refractivity contribution in [1.82, 2.24) is 5.32 Å². The maximum atomic E-state index is 10.9. The van der Waals surface area contributed by atoms with Crippen molar-refractivity contribution in [2.45, 2.75) is 26.4 Å². The molecule has 0 aromatic heterocycles. The highest BCUT2D eigenvalue weighted by Gasteiger charge is 2.14. The first-order chi connectivity index (χ1) is 7.52. The van der Waals surface area contributed by atoms with Gasteiger partial charge >= 0.3 is 5.97 Å². The molecule has 0 fully saturated rings. The molecule has 0 aromatic rings. The summed E-state index contributed by atoms with van der Waals surface area (Å²) in [5, 5.41) is 3.18. The van der Waals surface area contributed by atoms with E-state index in [1.165, 1.54) is 0 Å². The van der Waals surface area contributed by atoms with Gasteiger partial charge in [0.15, 0.2) is 0 Å². The van der Waals surface area contributed by atoms with Crippen LogP contribution < -0.4 is 5.32 Å². The molecule has 0 aliphatic heterocycles. The van der Waals surface area contributed by atoms with Crippen molar-refractivity contribution in [3.63, 3.8) is 0 Å². The summed E-state index contributed by atoms with van der Waals surface area (Å²) < 4.78 is 15.1. The van der Waals surface area contributed by atoms with Crippen molar-refractivity contribution >= 4 is 5.97 Å². The van der Waals surface area contributed by atoms with E-state index in [-0.39, 0.29) is 18.2 Å². The van der Waals surface area contributed by atoms with Gasteiger partial charge in [-0.25, -0.2) is 4.79 Å². The van der Waals surface area contributed by atoms with Crippen LogP contribution in [0.15, 0.2) is 0 Å². The van der Waals surface area contributed by atoms with E-state index in [0.717, 1.165) is 6.54 Å². The quantitative estimate of drug-likeness (QED) is 0.466. The van der Waals surface area contributed by atoms with E-state index >= 15 is 0 Å². The van der Waals surface area contributed by atoms with Crippen molar-refractivity contribution in [3.8, 4) is 0 Å². The van der Waals surface area contributed by atoms with Crippen molar-refractivity contribution in [3.05, 3.63) is 0 Å². The highest BCUT2D eigenvalue weighted by molar-refractivity contribution is 5.70. The van der Waals surface area contributed by atoms with Gasteiger partial charge in [0.1, 0.15) is 6.61 Å². The van der Waals surface area contributed by atoms with Gasteiger partial charge in [0.05, 0.1) is 18.8 Å². The predicted octanol–water partition coefficient (Wildman–Crippen LogP) is 0.581. The average Bonchev–Trinajstić information content (AvgIpc) is 2.23. The summed E-state index contributed by atoms with van der Waals surface area (Å²) in [6, 6.07) is 0. The topological polar surface area (TPSA) is 56.8 Å². The second-order valence-electron chi connectivity index (χ2n) is 4.00. The Morgan fingerprint density at radius 2 is 2.06 bits per heavy atom. The monoisotopic (exact) mass is 233 g/mol. The second kappa shape index (κ2) is 8.50. The number of nitrogens with one attached hydrogen (secondary N) is 1. The number of methoxy groups -OCH3 is 1. The van der Waals surface area contributed by atoms with Crippen molar-refractivity contribution in [1.29, 1.82) is 0 Å². The van der Waals surface area contributed by atoms with E-state index in [2.05, 4.69) is 5.32 Å². The summed E-state index contributed by atoms with van der Waals surface area (Å²) in [5.41, 5.74) is -0.179. The number of ether oxygens (including phenoxy) is 3. The third-order valence-corrected chi connectivity index (χ3v) is 2.05. The maximum absolute atomic E-state index is 10.9. The van der Waals surface area contributed by atoms with Gasteiger partial charge in [-0.15, -0.1) is 0 Å². The van der Waals surface area contributed by atoms with Crippen LogP contribution in [-0.4, -0.2) is 51.6 Å². The van der Waals surface area contributed by atoms with E-state index < -0.39 is 0 Å². The minimum atomic E-state index is -0.320. The lowest BCUT2D eigenvalue weighted by Gasteiger charge is -2.23. The van der Waals surface area contributed by atoms with Gasteiger partial charge < -0.3 is 19.5 Å². The van der Waals surface area contributed by atoms with Crippen LogP contribution in [0.1, 0.15) is 20.8 Å². The number of hydrogen-bond donors (Lipinski definition) is 1. The number of esters is 1. The van der Waals surface area contributed by atoms with E-state index in [4.69, 9.17) is 14.2 Å². The lowest BCUT2D eigenvalue weighted by molar-refractivity contribution is -0.148. The van der Waals surface area contributed by atoms with E-state index in [1.54, 1.807) is 14.0 Å². The molecule has 0 rings (SSSR count). The molecule has 0 spiro atoms. The van der Waals surface area contributed by atoms with E-state index in [9.17, 15) is 4.79 Å². The highest BCUT2D eigenvalue weighted by atomic mass is 16.6. The summed E-state index contributed by atoms with van der Waals surface area (Å²) in [6.45, 7) is 8.09. The summed E-state index contributed by atoms with van der Waals surface area (Å²) in [4.78, 5) is 10.9. The van der Waals surface area contributed by atoms with Crippen molar-refractivity contribution in [2.75, 3.05) is 40.0 Å². The Morgan fingerprint density at radius 3 is 2.62 bits per heavy atom. The molecule has 0 radical (unpaired) electrons. The smallest absolute Gasteiger partial charge is 0.332 e. The standard InChI is InChI=1S/C11H23NO4/c1-5-16-10(13)8-15-7-6-12-9-11(2,3)14-4/h12H,5-9H2,1-4H3. The second-order valence-corrected chi connectivity index (χ2v) is 4.00. The van der Waals surface area contributed by atoms with Gasteiger partial charge in [0, 0.05) is 20.2 Å². The number of carbonyl (C=O) groups excluding carboxylic acids is 1. The zero-order valence-electron chi connectivity index (χ0n) is 10.7. The molecular formula is C11H23NO4. The molecule has 0 bridgehead atoms. The number of hydrogen-bond acceptors (Lipinski definition) is 5. The zero-order valence-corrected chi connectivity index (χ0v) is 10.7. The first kappa shape index (κ1) is 15.3. The molecule has 5 nitrogen and oxygen atoms in total. The van der Waals surface area contributed by atoms with Gasteiger partial charge in [-0.05, 0) is 20.8 Å². The zero-order chi connectivity index (χ0) is 12.4. The predicted molar refractivity (Wildman–Crippen MR) is 61.4 cm³/mol. The highest BCUT2D eigenvalue weighted by Crippen LogP contribution is 2.03. The number of carbonyl (C=O) groups is 1. The molecule has 0 saturated carbocycles. The SMILES string of the molecule is CCOC(=O)COCCNCC(C)(C)OC. The molecule has 0 unspecified atom stereocenters. The van der Waals surface area contributed by atoms with Gasteiger partial charge in [-0.3, -0.25) is 0 Å². The van der Waals surface area contributed by atoms with Crippen molar-refractivity contribution < 1.29 is 19.0 Å². The molecule has 0 atom stereocenters. The molecule has 16 heavy (non-hydrogen) atoms. The molecule has 0 aromatic carbocycles. The Bertz CT molecular complexity index is 194. The van der Waals surface area contributed by atoms with Crippen LogP contribution in [0.5, 0.6) is 0 Å². The molecule has 0 aliphatic rings. The van der Waals surface area contributed by atoms with Crippen LogP contribution >= 0.6 is 0 Å². The Morgan fingerprint density at radius 1 is 1.38 bits per heavy atom. The normalized spacial score (nSPS) is 11.5. The summed E-state index contributed by atoms with van der Waals surface area (Å²) in [7, 11) is 1.68. The first-order valence-electron chi connectivity index (χ1n) is 5.51. The molecule has 0 heterocycles. The van der Waals surface area contributed by atoms with Gasteiger partial charge in [-0.2, -0.15) is 0 Å². The Labute approximate surface area is 97.4 Å². The summed E-state index contributed by atoms with van der Waals surface area (Å²) >= 11 is 0. The minimum Gasteiger partial charge on any atom is -0.464 e. The minimum absolute atomic E-state index is 0.0171. The average molecular weight is 233 g/mol. The van der Waals surface area contributed by atoms with Crippen LogP contribution in [0.2, 0.25) is 0 Å². The fourth-order valence-corrected chi connectivity index (χ4v) is 0.964. The largest absolute Gasteiger partial charge is 0.464 e. The van der Waals surface area contributed by atoms with Crippen molar-refractivity contribution in [2.24, 2.45) is 0 Å². The summed E-state index contributed by atoms with van der Waals surface area (Å²) in [6.07, 6.45) is 0. The fraction of sp³-hybridized carbons (Fsp3) is 0.909. The van der Waals surface area contributed by atoms with Crippen LogP contribution in [0.3, 0.4) is 0 Å². The molecule has 0 saturated heterocycles. The van der Waals surface area contributed by atoms with Crippen LogP contribution in [0, 0.1) is 0 Å². The van der Waals surface area contributed by atoms with Gasteiger partial charge in [-0.1, -0.05) is 0 Å². The molecule has 0 aliphatic carbocycles. The molecule has 0 amide bonds. The third kappa shape index (κ3) is 8.64. The molecule has 96 valence electrons. The molecule has 5 heteroatoms. The third-order valence-electron chi connectivity index (χ3n) is 2.05. The van der Waals surface area contributed by atoms with Gasteiger partial charge in [0.25, 0.3) is 0 Å². The molecular weight excluding hydrogens is 210 g/mol. The Kier molecular flexibility index (Phi) is 8.15. The van der Waals surface area contributed by atoms with E-state index in [1.807, 2.05) is 13.8 Å².